The van der Waals surface area contributed by atoms with E-state index in [2.05, 4.69) is 4.98 Å². The smallest absolute Gasteiger partial charge is 0.340 e. The van der Waals surface area contributed by atoms with Crippen LogP contribution in [-0.4, -0.2) is 124 Å². The topological polar surface area (TPSA) is 253 Å². The third-order valence-corrected chi connectivity index (χ3v) is 12.1. The molecule has 19 heteroatoms. The van der Waals surface area contributed by atoms with E-state index < -0.39 is 132 Å². The number of carbonyl (C=O) groups excluding carboxylic acids is 8. The Kier molecular flexibility index (Phi) is 12.6. The van der Waals surface area contributed by atoms with Crippen LogP contribution in [0, 0.1) is 17.3 Å². The van der Waals surface area contributed by atoms with Crippen LogP contribution in [0.5, 0.6) is 0 Å². The third-order valence-electron chi connectivity index (χ3n) is 12.1. The SMILES string of the molecule is CC(=O)OC[C@]12[C@H](OC(C)=O)[C@H](OC(C)=O)[C@@H]3[C@@H](OC(C)=O)[C@@]14O[C@]3(C)COC(=O)c1cccnc1CC[C@H](C)C(=O)O[C@@H]([C@H](OC(=O)c1ccccc1)[C@@H]2OC(C)=O)[C@]4(C)O. The summed E-state index contributed by atoms with van der Waals surface area (Å²) in [6.07, 6.45) is -10.6. The van der Waals surface area contributed by atoms with E-state index in [1.165, 1.54) is 56.4 Å². The van der Waals surface area contributed by atoms with Gasteiger partial charge in [0.1, 0.15) is 42.0 Å². The number of rotatable bonds is 8. The van der Waals surface area contributed by atoms with Gasteiger partial charge in [-0.25, -0.2) is 9.59 Å². The fraction of sp³-hybridized carbons (Fsp3) is 0.558. The molecule has 2 aliphatic carbocycles. The van der Waals surface area contributed by atoms with Gasteiger partial charge in [0, 0.05) is 40.8 Å². The molecule has 0 unspecified atom stereocenters. The van der Waals surface area contributed by atoms with Crippen molar-refractivity contribution < 1.29 is 86.1 Å². The van der Waals surface area contributed by atoms with Crippen molar-refractivity contribution in [2.45, 2.75) is 122 Å². The van der Waals surface area contributed by atoms with Crippen LogP contribution in [0.2, 0.25) is 0 Å². The van der Waals surface area contributed by atoms with Crippen molar-refractivity contribution in [3.05, 3.63) is 65.5 Å². The molecule has 6 rings (SSSR count). The largest absolute Gasteiger partial charge is 0.465 e. The lowest BCUT2D eigenvalue weighted by molar-refractivity contribution is -0.386. The minimum absolute atomic E-state index is 0.0225. The predicted molar refractivity (Wildman–Crippen MR) is 205 cm³/mol. The van der Waals surface area contributed by atoms with E-state index in [4.69, 9.17) is 42.6 Å². The van der Waals surface area contributed by atoms with Crippen LogP contribution < -0.4 is 0 Å². The Balaban J connectivity index is 1.77. The van der Waals surface area contributed by atoms with E-state index in [1.807, 2.05) is 0 Å². The van der Waals surface area contributed by atoms with Crippen LogP contribution in [0.1, 0.15) is 88.2 Å². The molecule has 1 saturated heterocycles. The minimum Gasteiger partial charge on any atom is -0.465 e. The van der Waals surface area contributed by atoms with Gasteiger partial charge in [0.25, 0.3) is 0 Å². The minimum atomic E-state index is -2.86. The van der Waals surface area contributed by atoms with Gasteiger partial charge >= 0.3 is 47.8 Å². The van der Waals surface area contributed by atoms with Gasteiger partial charge in [-0.05, 0) is 51.0 Å². The van der Waals surface area contributed by atoms with Gasteiger partial charge in [0.15, 0.2) is 30.0 Å². The lowest BCUT2D eigenvalue weighted by Crippen LogP contribution is -2.89. The molecule has 0 radical (unpaired) electrons. The highest BCUT2D eigenvalue weighted by Gasteiger charge is 2.92. The number of cyclic esters (lactones) is 1. The lowest BCUT2D eigenvalue weighted by atomic mass is 9.45. The average Bonchev–Trinajstić information content (AvgIpc) is 3.41. The van der Waals surface area contributed by atoms with Crippen molar-refractivity contribution in [3.8, 4) is 0 Å². The number of benzene rings is 1. The van der Waals surface area contributed by atoms with Crippen molar-refractivity contribution in [3.63, 3.8) is 0 Å². The van der Waals surface area contributed by atoms with Gasteiger partial charge in [0.2, 0.25) is 0 Å². The Labute approximate surface area is 355 Å². The zero-order valence-electron chi connectivity index (χ0n) is 35.4. The molecule has 4 bridgehead atoms. The number of aromatic nitrogens is 1. The van der Waals surface area contributed by atoms with E-state index in [9.17, 15) is 43.5 Å². The molecule has 3 heterocycles. The van der Waals surface area contributed by atoms with Crippen molar-refractivity contribution in [1.82, 2.24) is 4.98 Å². The van der Waals surface area contributed by atoms with Gasteiger partial charge < -0.3 is 47.7 Å². The fourth-order valence-corrected chi connectivity index (χ4v) is 9.73. The monoisotopic (exact) mass is 867 g/mol. The third kappa shape index (κ3) is 7.76. The Morgan fingerprint density at radius 1 is 0.774 bits per heavy atom. The maximum absolute atomic E-state index is 14.4. The van der Waals surface area contributed by atoms with Gasteiger partial charge in [-0.3, -0.25) is 33.8 Å². The van der Waals surface area contributed by atoms with Gasteiger partial charge in [-0.15, -0.1) is 0 Å². The normalized spacial score (nSPS) is 35.0. The highest BCUT2D eigenvalue weighted by Crippen LogP contribution is 2.70. The molecular formula is C43H49NO18. The first-order valence-electron chi connectivity index (χ1n) is 19.9. The van der Waals surface area contributed by atoms with Crippen molar-refractivity contribution in [1.29, 1.82) is 0 Å². The number of hydrogen-bond acceptors (Lipinski definition) is 19. The predicted octanol–water partition coefficient (Wildman–Crippen LogP) is 2.16. The zero-order chi connectivity index (χ0) is 45.5. The second-order valence-corrected chi connectivity index (χ2v) is 16.4. The molecule has 334 valence electrons. The maximum Gasteiger partial charge on any atom is 0.340 e. The first-order valence-corrected chi connectivity index (χ1v) is 19.9. The van der Waals surface area contributed by atoms with Gasteiger partial charge in [-0.1, -0.05) is 25.1 Å². The second kappa shape index (κ2) is 17.1. The number of ether oxygens (including phenoxy) is 9. The number of aliphatic hydroxyl groups is 1. The highest BCUT2D eigenvalue weighted by molar-refractivity contribution is 5.91. The summed E-state index contributed by atoms with van der Waals surface area (Å²) in [4.78, 5) is 113. The Bertz CT molecular complexity index is 2140. The van der Waals surface area contributed by atoms with E-state index in [-0.39, 0.29) is 29.7 Å². The lowest BCUT2D eigenvalue weighted by Gasteiger charge is -2.67. The number of carbonyl (C=O) groups is 8. The van der Waals surface area contributed by atoms with E-state index in [1.54, 1.807) is 6.07 Å². The first-order chi connectivity index (χ1) is 29.1. The molecule has 0 amide bonds. The van der Waals surface area contributed by atoms with Crippen LogP contribution >= 0.6 is 0 Å². The number of pyridine rings is 1. The number of esters is 8. The summed E-state index contributed by atoms with van der Waals surface area (Å²) in [6, 6.07) is 10.4. The Hall–Kier alpha value is -5.95. The van der Waals surface area contributed by atoms with E-state index in [0.717, 1.165) is 41.5 Å². The fourth-order valence-electron chi connectivity index (χ4n) is 9.73. The van der Waals surface area contributed by atoms with E-state index >= 15 is 0 Å². The molecule has 2 aromatic rings. The van der Waals surface area contributed by atoms with E-state index in [0.29, 0.717) is 0 Å². The molecule has 1 aromatic carbocycles. The Morgan fingerprint density at radius 2 is 1.37 bits per heavy atom. The number of hydrogen-bond donors (Lipinski definition) is 1. The summed E-state index contributed by atoms with van der Waals surface area (Å²) in [6.45, 7) is 7.16. The molecule has 19 nitrogen and oxygen atoms in total. The summed E-state index contributed by atoms with van der Waals surface area (Å²) in [7, 11) is 0. The standard InChI is InChI=1S/C43H49NO18/c1-21-16-17-29-28(15-12-18-44-29)39(52)55-19-40(7)30-31(56-23(3)46)35(58-25(5)48)42(20-54-22(2)45)36(59-26(6)49)32(60-38(51)27-13-10-9-11-14-27)34(61-37(21)50)41(8,53)43(42,62-40)33(30)57-24(4)47/h9-15,18,21,30-36,53H,16-17,19-20H2,1-8H3/t21-,30+,31+,32-,33+,34-,35+,36-,40+,41-,42+,43-/m0/s1. The molecule has 62 heavy (non-hydrogen) atoms. The summed E-state index contributed by atoms with van der Waals surface area (Å²) in [5.74, 6) is -10.7. The van der Waals surface area contributed by atoms with Crippen LogP contribution in [0.4, 0.5) is 0 Å². The molecule has 12 atom stereocenters. The van der Waals surface area contributed by atoms with Crippen LogP contribution in [-0.2, 0) is 77.8 Å². The second-order valence-electron chi connectivity index (χ2n) is 16.4. The van der Waals surface area contributed by atoms with Crippen molar-refractivity contribution in [2.75, 3.05) is 13.2 Å². The Morgan fingerprint density at radius 3 is 1.97 bits per heavy atom. The van der Waals surface area contributed by atoms with Gasteiger partial charge in [-0.2, -0.15) is 0 Å². The summed E-state index contributed by atoms with van der Waals surface area (Å²) >= 11 is 0. The quantitative estimate of drug-likeness (QED) is 0.295. The molecule has 1 N–H and O–H groups in total. The molecule has 1 spiro atoms. The molecule has 4 aliphatic rings. The van der Waals surface area contributed by atoms with Crippen LogP contribution in [0.25, 0.3) is 0 Å². The summed E-state index contributed by atoms with van der Waals surface area (Å²) in [5.41, 5.74) is -10.1. The molecular weight excluding hydrogens is 818 g/mol. The zero-order valence-corrected chi connectivity index (χ0v) is 35.4. The van der Waals surface area contributed by atoms with Crippen molar-refractivity contribution >= 4 is 47.8 Å². The average molecular weight is 868 g/mol. The van der Waals surface area contributed by atoms with Crippen LogP contribution in [0.15, 0.2) is 48.7 Å². The van der Waals surface area contributed by atoms with Gasteiger partial charge in [0.05, 0.1) is 28.7 Å². The number of nitrogens with zero attached hydrogens (tertiary/aromatic N) is 1. The summed E-state index contributed by atoms with van der Waals surface area (Å²) in [5, 5.41) is 13.6. The highest BCUT2D eigenvalue weighted by atomic mass is 16.7. The molecule has 2 saturated carbocycles. The van der Waals surface area contributed by atoms with Crippen molar-refractivity contribution in [2.24, 2.45) is 17.3 Å². The first kappa shape index (κ1) is 45.6. The molecule has 1 aromatic heterocycles. The maximum atomic E-state index is 14.4. The molecule has 3 fully saturated rings. The molecule has 2 aliphatic heterocycles. The number of aryl methyl sites for hydroxylation is 1. The summed E-state index contributed by atoms with van der Waals surface area (Å²) < 4.78 is 55.3. The number of fused-ring (bicyclic) bond motifs is 5. The van der Waals surface area contributed by atoms with Crippen LogP contribution in [0.3, 0.4) is 0 Å².